The molecule has 0 spiro atoms. The summed E-state index contributed by atoms with van der Waals surface area (Å²) in [5.41, 5.74) is 0.823. The van der Waals surface area contributed by atoms with Crippen LogP contribution in [0, 0.1) is 3.57 Å². The fourth-order valence-corrected chi connectivity index (χ4v) is 3.53. The smallest absolute Gasteiger partial charge is 0.282 e. The van der Waals surface area contributed by atoms with E-state index in [0.717, 1.165) is 23.5 Å². The molecule has 22 heavy (non-hydrogen) atoms. The average Bonchev–Trinajstić information content (AvgIpc) is 2.54. The van der Waals surface area contributed by atoms with Crippen LogP contribution in [0.15, 0.2) is 47.4 Å². The lowest BCUT2D eigenvalue weighted by Crippen LogP contribution is -2.21. The minimum Gasteiger partial charge on any atom is -0.318 e. The number of rotatable bonds is 4. The Labute approximate surface area is 146 Å². The molecule has 3 aromatic rings. The Kier molecular flexibility index (Phi) is 4.68. The first-order chi connectivity index (χ1) is 10.7. The summed E-state index contributed by atoms with van der Waals surface area (Å²) in [5.74, 6) is 0. The van der Waals surface area contributed by atoms with Gasteiger partial charge in [-0.2, -0.15) is 4.98 Å². The van der Waals surface area contributed by atoms with Crippen molar-refractivity contribution in [2.75, 3.05) is 11.4 Å². The molecule has 2 heterocycles. The van der Waals surface area contributed by atoms with E-state index < -0.39 is 0 Å². The van der Waals surface area contributed by atoms with Gasteiger partial charge in [-0.05, 0) is 65.4 Å². The molecule has 0 unspecified atom stereocenters. The number of halogens is 1. The summed E-state index contributed by atoms with van der Waals surface area (Å²) < 4.78 is 1.18. The molecule has 0 N–H and O–H groups in total. The Morgan fingerprint density at radius 1 is 1.23 bits per heavy atom. The molecule has 2 aromatic heterocycles. The molecule has 4 nitrogen and oxygen atoms in total. The first-order valence-corrected chi connectivity index (χ1v) is 8.87. The van der Waals surface area contributed by atoms with Crippen LogP contribution in [0.3, 0.4) is 0 Å². The monoisotopic (exact) mass is 423 g/mol. The fourth-order valence-electron chi connectivity index (χ4n) is 2.19. The second-order valence-electron chi connectivity index (χ2n) is 4.79. The fraction of sp³-hybridized carbons (Fsp3) is 0.188. The highest BCUT2D eigenvalue weighted by molar-refractivity contribution is 14.1. The van der Waals surface area contributed by atoms with E-state index in [0.29, 0.717) is 10.5 Å². The molecule has 0 bridgehead atoms. The van der Waals surface area contributed by atoms with Gasteiger partial charge in [-0.3, -0.25) is 4.79 Å². The molecule has 3 rings (SSSR count). The van der Waals surface area contributed by atoms with E-state index in [1.807, 2.05) is 0 Å². The lowest BCUT2D eigenvalue weighted by Gasteiger charge is -2.22. The third kappa shape index (κ3) is 3.12. The van der Waals surface area contributed by atoms with Crippen molar-refractivity contribution in [3.63, 3.8) is 0 Å². The summed E-state index contributed by atoms with van der Waals surface area (Å²) in [6.07, 6.45) is 2.67. The van der Waals surface area contributed by atoms with Gasteiger partial charge in [0.2, 0.25) is 0 Å². The highest BCUT2D eigenvalue weighted by Gasteiger charge is 2.14. The Balaban J connectivity index is 2.12. The maximum Gasteiger partial charge on any atom is 0.282 e. The van der Waals surface area contributed by atoms with Crippen molar-refractivity contribution in [1.29, 1.82) is 0 Å². The zero-order chi connectivity index (χ0) is 15.5. The number of hydrogen-bond acceptors (Lipinski definition) is 5. The molecule has 0 saturated carbocycles. The molecular formula is C16H14IN3OS. The molecule has 0 atom stereocenters. The molecular weight excluding hydrogens is 409 g/mol. The van der Waals surface area contributed by atoms with Crippen molar-refractivity contribution in [1.82, 2.24) is 9.97 Å². The normalized spacial score (nSPS) is 10.8. The third-order valence-electron chi connectivity index (χ3n) is 3.20. The largest absolute Gasteiger partial charge is 0.318 e. The summed E-state index contributed by atoms with van der Waals surface area (Å²) in [7, 11) is 0. The van der Waals surface area contributed by atoms with Crippen LogP contribution in [0.2, 0.25) is 0 Å². The molecule has 0 amide bonds. The van der Waals surface area contributed by atoms with Crippen LogP contribution in [-0.4, -0.2) is 16.5 Å². The first-order valence-electron chi connectivity index (χ1n) is 6.98. The molecule has 0 aliphatic rings. The zero-order valence-electron chi connectivity index (χ0n) is 12.0. The summed E-state index contributed by atoms with van der Waals surface area (Å²) in [6, 6.07) is 11.8. The van der Waals surface area contributed by atoms with Gasteiger partial charge >= 0.3 is 0 Å². The van der Waals surface area contributed by atoms with Crippen LogP contribution >= 0.6 is 33.9 Å². The lowest BCUT2D eigenvalue weighted by atomic mass is 10.3. The minimum atomic E-state index is -0.219. The molecule has 1 aromatic carbocycles. The number of aromatic nitrogens is 2. The Morgan fingerprint density at radius 2 is 2.00 bits per heavy atom. The van der Waals surface area contributed by atoms with Crippen molar-refractivity contribution in [2.24, 2.45) is 0 Å². The number of benzene rings is 1. The quantitative estimate of drug-likeness (QED) is 0.590. The molecule has 0 aliphatic heterocycles. The lowest BCUT2D eigenvalue weighted by molar-refractivity contribution is 0.878. The number of hydrogen-bond donors (Lipinski definition) is 0. The van der Waals surface area contributed by atoms with Gasteiger partial charge in [0.05, 0.1) is 5.39 Å². The van der Waals surface area contributed by atoms with Gasteiger partial charge in [0.1, 0.15) is 4.83 Å². The van der Waals surface area contributed by atoms with E-state index in [-0.39, 0.29) is 5.56 Å². The van der Waals surface area contributed by atoms with Crippen LogP contribution in [0.25, 0.3) is 10.2 Å². The van der Waals surface area contributed by atoms with Crippen LogP contribution in [0.1, 0.15) is 13.3 Å². The van der Waals surface area contributed by atoms with Crippen molar-refractivity contribution < 1.29 is 0 Å². The maximum absolute atomic E-state index is 12.2. The molecule has 0 radical (unpaired) electrons. The number of anilines is 2. The number of pyridine rings is 1. The SMILES string of the molecule is CCCN(c1ccc(I)cc1)c1nc(=O)c2cccnc2s1. The first kappa shape index (κ1) is 15.4. The van der Waals surface area contributed by atoms with Crippen LogP contribution < -0.4 is 10.5 Å². The van der Waals surface area contributed by atoms with Gasteiger partial charge in [-0.15, -0.1) is 0 Å². The highest BCUT2D eigenvalue weighted by atomic mass is 127. The van der Waals surface area contributed by atoms with Gasteiger partial charge in [-0.1, -0.05) is 18.3 Å². The standard InChI is InChI=1S/C16H14IN3OS/c1-2-10-20(12-7-5-11(17)6-8-12)16-19-14(21)13-4-3-9-18-15(13)22-16/h3-9H,2,10H2,1H3. The Bertz CT molecular complexity index is 848. The second-order valence-corrected chi connectivity index (χ2v) is 6.99. The zero-order valence-corrected chi connectivity index (χ0v) is 15.0. The van der Waals surface area contributed by atoms with Gasteiger partial charge < -0.3 is 4.90 Å². The van der Waals surface area contributed by atoms with Gasteiger partial charge in [0.15, 0.2) is 5.13 Å². The van der Waals surface area contributed by atoms with E-state index in [9.17, 15) is 4.79 Å². The number of nitrogens with zero attached hydrogens (tertiary/aromatic N) is 3. The van der Waals surface area contributed by atoms with Crippen LogP contribution in [0.5, 0.6) is 0 Å². The average molecular weight is 423 g/mol. The van der Waals surface area contributed by atoms with Gasteiger partial charge in [-0.25, -0.2) is 4.98 Å². The van der Waals surface area contributed by atoms with Crippen molar-refractivity contribution in [3.8, 4) is 0 Å². The minimum absolute atomic E-state index is 0.219. The van der Waals surface area contributed by atoms with Crippen molar-refractivity contribution >= 4 is 55.0 Å². The van der Waals surface area contributed by atoms with Crippen molar-refractivity contribution in [2.45, 2.75) is 13.3 Å². The predicted molar refractivity (Wildman–Crippen MR) is 100 cm³/mol. The topological polar surface area (TPSA) is 46.1 Å². The summed E-state index contributed by atoms with van der Waals surface area (Å²) in [4.78, 5) is 23.6. The van der Waals surface area contributed by atoms with E-state index in [2.05, 4.69) is 68.6 Å². The van der Waals surface area contributed by atoms with E-state index in [1.54, 1.807) is 18.3 Å². The Hall–Kier alpha value is -1.54. The summed E-state index contributed by atoms with van der Waals surface area (Å²) >= 11 is 3.73. The predicted octanol–water partition coefficient (Wildman–Crippen LogP) is 4.20. The summed E-state index contributed by atoms with van der Waals surface area (Å²) in [6.45, 7) is 2.92. The molecule has 0 saturated heterocycles. The van der Waals surface area contributed by atoms with Crippen LogP contribution in [0.4, 0.5) is 10.8 Å². The highest BCUT2D eigenvalue weighted by Crippen LogP contribution is 2.29. The van der Waals surface area contributed by atoms with Crippen LogP contribution in [-0.2, 0) is 0 Å². The van der Waals surface area contributed by atoms with Gasteiger partial charge in [0, 0.05) is 22.0 Å². The molecule has 6 heteroatoms. The second kappa shape index (κ2) is 6.70. The molecule has 112 valence electrons. The maximum atomic E-state index is 12.2. The van der Waals surface area contributed by atoms with E-state index in [4.69, 9.17) is 0 Å². The van der Waals surface area contributed by atoms with Crippen molar-refractivity contribution in [3.05, 3.63) is 56.5 Å². The van der Waals surface area contributed by atoms with E-state index >= 15 is 0 Å². The third-order valence-corrected chi connectivity index (χ3v) is 4.94. The molecule has 0 fully saturated rings. The van der Waals surface area contributed by atoms with Gasteiger partial charge in [0.25, 0.3) is 5.56 Å². The summed E-state index contributed by atoms with van der Waals surface area (Å²) in [5, 5.41) is 1.27. The molecule has 0 aliphatic carbocycles. The Morgan fingerprint density at radius 3 is 2.73 bits per heavy atom. The van der Waals surface area contributed by atoms with E-state index in [1.165, 1.54) is 14.9 Å². The number of fused-ring (bicyclic) bond motifs is 1.